The molecule has 0 saturated heterocycles. The summed E-state index contributed by atoms with van der Waals surface area (Å²) in [5.74, 6) is 2.58. The third kappa shape index (κ3) is 6.20. The molecule has 0 aliphatic carbocycles. The van der Waals surface area contributed by atoms with E-state index in [4.69, 9.17) is 32.7 Å². The molecule has 0 amide bonds. The summed E-state index contributed by atoms with van der Waals surface area (Å²) in [6, 6.07) is 33.4. The summed E-state index contributed by atoms with van der Waals surface area (Å²) in [6.07, 6.45) is 0. The minimum Gasteiger partial charge on any atom is -0.508 e. The summed E-state index contributed by atoms with van der Waals surface area (Å²) in [5, 5.41) is 20.0. The van der Waals surface area contributed by atoms with Crippen molar-refractivity contribution in [1.29, 1.82) is 0 Å². The highest BCUT2D eigenvalue weighted by atomic mass is 35.5. The number of ether oxygens (including phenoxy) is 2. The Hall–Kier alpha value is -4.12. The van der Waals surface area contributed by atoms with Crippen LogP contribution in [0.5, 0.6) is 34.5 Å². The van der Waals surface area contributed by atoms with Crippen molar-refractivity contribution in [3.05, 3.63) is 141 Å². The molecule has 0 aliphatic heterocycles. The van der Waals surface area contributed by atoms with E-state index in [1.807, 2.05) is 72.8 Å². The largest absolute Gasteiger partial charge is 0.508 e. The predicted molar refractivity (Wildman–Crippen MR) is 170 cm³/mol. The average Bonchev–Trinajstić information content (AvgIpc) is 2.97. The van der Waals surface area contributed by atoms with Crippen LogP contribution in [0.4, 0.5) is 0 Å². The van der Waals surface area contributed by atoms with Crippen LogP contribution in [-0.2, 0) is 10.8 Å². The third-order valence-electron chi connectivity index (χ3n) is 7.77. The van der Waals surface area contributed by atoms with E-state index in [-0.39, 0.29) is 22.3 Å². The maximum atomic E-state index is 9.63. The average molecular weight is 600 g/mol. The van der Waals surface area contributed by atoms with Gasteiger partial charge in [-0.25, -0.2) is 0 Å². The molecule has 5 rings (SSSR count). The SMILES string of the molecule is CC(C)(c1ccc(O)cc1)c1ccc(Oc2cc(Cl)c(Oc3ccc(C(C)(C)c4ccc(O)cc4)cc3)cc2Cl)cc1. The number of hydrogen-bond acceptors (Lipinski definition) is 4. The topological polar surface area (TPSA) is 58.9 Å². The monoisotopic (exact) mass is 598 g/mol. The van der Waals surface area contributed by atoms with Crippen LogP contribution in [0, 0.1) is 0 Å². The lowest BCUT2D eigenvalue weighted by Crippen LogP contribution is -2.18. The van der Waals surface area contributed by atoms with Gasteiger partial charge in [0, 0.05) is 23.0 Å². The summed E-state index contributed by atoms with van der Waals surface area (Å²) in [7, 11) is 0. The van der Waals surface area contributed by atoms with Crippen molar-refractivity contribution >= 4 is 23.2 Å². The number of rotatable bonds is 8. The standard InChI is InChI=1S/C36H32Cl2O4/c1-35(2,23-5-13-27(39)14-6-23)25-9-17-29(18-10-25)41-33-21-32(38)34(22-31(33)37)42-30-19-11-26(12-20-30)36(3,4)24-7-15-28(40)16-8-24/h5-22,39-40H,1-4H3. The summed E-state index contributed by atoms with van der Waals surface area (Å²) in [6.45, 7) is 8.53. The molecule has 0 heterocycles. The lowest BCUT2D eigenvalue weighted by Gasteiger charge is -2.26. The molecule has 2 N–H and O–H groups in total. The Bertz CT molecular complexity index is 1550. The van der Waals surface area contributed by atoms with Crippen LogP contribution in [0.2, 0.25) is 10.0 Å². The molecule has 6 heteroatoms. The Balaban J connectivity index is 1.28. The van der Waals surface area contributed by atoms with E-state index in [9.17, 15) is 10.2 Å². The first kappa shape index (κ1) is 29.4. The third-order valence-corrected chi connectivity index (χ3v) is 8.36. The summed E-state index contributed by atoms with van der Waals surface area (Å²) < 4.78 is 12.1. The van der Waals surface area contributed by atoms with Gasteiger partial charge in [0.15, 0.2) is 0 Å². The molecular formula is C36H32Cl2O4. The zero-order chi connectivity index (χ0) is 30.1. The number of hydrogen-bond donors (Lipinski definition) is 2. The molecule has 0 aromatic heterocycles. The number of halogens is 2. The molecule has 0 saturated carbocycles. The van der Waals surface area contributed by atoms with Crippen LogP contribution < -0.4 is 9.47 Å². The Morgan fingerprint density at radius 1 is 0.452 bits per heavy atom. The van der Waals surface area contributed by atoms with Crippen LogP contribution in [-0.4, -0.2) is 10.2 Å². The van der Waals surface area contributed by atoms with Crippen LogP contribution in [0.3, 0.4) is 0 Å². The second-order valence-corrected chi connectivity index (χ2v) is 12.1. The van der Waals surface area contributed by atoms with Gasteiger partial charge in [-0.05, 0) is 70.8 Å². The van der Waals surface area contributed by atoms with Gasteiger partial charge in [0.1, 0.15) is 34.5 Å². The molecule has 0 bridgehead atoms. The number of aromatic hydroxyl groups is 2. The molecule has 42 heavy (non-hydrogen) atoms. The normalized spacial score (nSPS) is 11.8. The van der Waals surface area contributed by atoms with E-state index in [1.165, 1.54) is 0 Å². The quantitative estimate of drug-likeness (QED) is 0.186. The van der Waals surface area contributed by atoms with Gasteiger partial charge in [0.2, 0.25) is 0 Å². The first-order valence-electron chi connectivity index (χ1n) is 13.6. The van der Waals surface area contributed by atoms with E-state index < -0.39 is 0 Å². The van der Waals surface area contributed by atoms with Gasteiger partial charge in [0.05, 0.1) is 10.0 Å². The fourth-order valence-electron chi connectivity index (χ4n) is 4.89. The molecule has 0 spiro atoms. The highest BCUT2D eigenvalue weighted by molar-refractivity contribution is 6.35. The molecule has 0 fully saturated rings. The first-order valence-corrected chi connectivity index (χ1v) is 14.3. The summed E-state index contributed by atoms with van der Waals surface area (Å²) in [4.78, 5) is 0. The van der Waals surface area contributed by atoms with E-state index >= 15 is 0 Å². The Kier molecular flexibility index (Phi) is 8.14. The number of phenolic OH excluding ortho intramolecular Hbond substituents is 2. The van der Waals surface area contributed by atoms with Crippen molar-refractivity contribution in [3.63, 3.8) is 0 Å². The van der Waals surface area contributed by atoms with Gasteiger partial charge in [-0.2, -0.15) is 0 Å². The van der Waals surface area contributed by atoms with E-state index in [0.29, 0.717) is 33.0 Å². The minimum atomic E-state index is -0.258. The van der Waals surface area contributed by atoms with Crippen LogP contribution in [0.25, 0.3) is 0 Å². The molecule has 0 aliphatic rings. The van der Waals surface area contributed by atoms with Crippen molar-refractivity contribution in [2.45, 2.75) is 38.5 Å². The minimum absolute atomic E-state index is 0.245. The Morgan fingerprint density at radius 3 is 1.00 bits per heavy atom. The van der Waals surface area contributed by atoms with E-state index in [0.717, 1.165) is 22.3 Å². The van der Waals surface area contributed by atoms with Crippen molar-refractivity contribution in [2.75, 3.05) is 0 Å². The number of benzene rings is 5. The second-order valence-electron chi connectivity index (χ2n) is 11.3. The maximum absolute atomic E-state index is 9.63. The van der Waals surface area contributed by atoms with Crippen LogP contribution >= 0.6 is 23.2 Å². The maximum Gasteiger partial charge on any atom is 0.147 e. The van der Waals surface area contributed by atoms with Crippen molar-refractivity contribution in [1.82, 2.24) is 0 Å². The van der Waals surface area contributed by atoms with Crippen LogP contribution in [0.15, 0.2) is 109 Å². The van der Waals surface area contributed by atoms with Crippen LogP contribution in [0.1, 0.15) is 49.9 Å². The molecule has 0 radical (unpaired) electrons. The molecular weight excluding hydrogens is 567 g/mol. The number of phenols is 2. The summed E-state index contributed by atoms with van der Waals surface area (Å²) >= 11 is 13.2. The Morgan fingerprint density at radius 2 is 0.714 bits per heavy atom. The molecule has 0 atom stereocenters. The first-order chi connectivity index (χ1) is 19.9. The van der Waals surface area contributed by atoms with Gasteiger partial charge in [-0.15, -0.1) is 0 Å². The predicted octanol–water partition coefficient (Wildman–Crippen LogP) is 10.6. The Labute approximate surface area is 256 Å². The van der Waals surface area contributed by atoms with Crippen molar-refractivity contribution in [2.24, 2.45) is 0 Å². The van der Waals surface area contributed by atoms with Gasteiger partial charge < -0.3 is 19.7 Å². The molecule has 214 valence electrons. The van der Waals surface area contributed by atoms with Gasteiger partial charge >= 0.3 is 0 Å². The van der Waals surface area contributed by atoms with Gasteiger partial charge in [0.25, 0.3) is 0 Å². The molecule has 5 aromatic rings. The zero-order valence-corrected chi connectivity index (χ0v) is 25.4. The molecule has 0 unspecified atom stereocenters. The van der Waals surface area contributed by atoms with Crippen molar-refractivity contribution in [3.8, 4) is 34.5 Å². The highest BCUT2D eigenvalue weighted by Crippen LogP contribution is 2.41. The van der Waals surface area contributed by atoms with Gasteiger partial charge in [-0.3, -0.25) is 0 Å². The second kappa shape index (κ2) is 11.6. The highest BCUT2D eigenvalue weighted by Gasteiger charge is 2.24. The lowest BCUT2D eigenvalue weighted by molar-refractivity contribution is 0.469. The van der Waals surface area contributed by atoms with E-state index in [2.05, 4.69) is 27.7 Å². The zero-order valence-electron chi connectivity index (χ0n) is 23.9. The smallest absolute Gasteiger partial charge is 0.147 e. The van der Waals surface area contributed by atoms with E-state index in [1.54, 1.807) is 36.4 Å². The molecule has 5 aromatic carbocycles. The lowest BCUT2D eigenvalue weighted by atomic mass is 9.78. The summed E-state index contributed by atoms with van der Waals surface area (Å²) in [5.41, 5.74) is 3.87. The fourth-order valence-corrected chi connectivity index (χ4v) is 5.27. The fraction of sp³-hybridized carbons (Fsp3) is 0.167. The molecule has 4 nitrogen and oxygen atoms in total. The van der Waals surface area contributed by atoms with Crippen molar-refractivity contribution < 1.29 is 19.7 Å². The van der Waals surface area contributed by atoms with Gasteiger partial charge in [-0.1, -0.05) is 99.4 Å².